The summed E-state index contributed by atoms with van der Waals surface area (Å²) in [5.41, 5.74) is 6.66. The highest BCUT2D eigenvalue weighted by Crippen LogP contribution is 2.32. The fraction of sp³-hybridized carbons (Fsp3) is 0.0769. The number of nitrogens with two attached hydrogens (primary N) is 1. The van der Waals surface area contributed by atoms with Crippen LogP contribution in [0.1, 0.15) is 5.56 Å². The third-order valence-electron chi connectivity index (χ3n) is 2.29. The van der Waals surface area contributed by atoms with Gasteiger partial charge in [-0.15, -0.1) is 0 Å². The first-order valence-corrected chi connectivity index (χ1v) is 6.99. The Labute approximate surface area is 122 Å². The summed E-state index contributed by atoms with van der Waals surface area (Å²) in [5, 5.41) is 0. The van der Waals surface area contributed by atoms with E-state index in [0.29, 0.717) is 6.54 Å². The average molecular weight is 404 g/mol. The predicted molar refractivity (Wildman–Crippen MR) is 81.3 cm³/mol. The van der Waals surface area contributed by atoms with Crippen molar-refractivity contribution >= 4 is 38.5 Å². The van der Waals surface area contributed by atoms with Crippen LogP contribution in [0.4, 0.5) is 0 Å². The normalized spacial score (nSPS) is 10.3. The number of rotatable bonds is 3. The Morgan fingerprint density at radius 2 is 1.88 bits per heavy atom. The topological polar surface area (TPSA) is 35.2 Å². The number of para-hydroxylation sites is 1. The van der Waals surface area contributed by atoms with Crippen LogP contribution in [0.25, 0.3) is 0 Å². The summed E-state index contributed by atoms with van der Waals surface area (Å²) < 4.78 is 7.84. The monoisotopic (exact) mass is 403 g/mol. The van der Waals surface area contributed by atoms with Crippen molar-refractivity contribution in [3.05, 3.63) is 56.1 Å². The van der Waals surface area contributed by atoms with E-state index in [1.807, 2.05) is 42.5 Å². The molecule has 17 heavy (non-hydrogen) atoms. The summed E-state index contributed by atoms with van der Waals surface area (Å²) in [6, 6.07) is 13.8. The average Bonchev–Trinajstić information content (AvgIpc) is 2.34. The molecule has 2 aromatic rings. The maximum atomic E-state index is 5.84. The van der Waals surface area contributed by atoms with E-state index in [0.717, 1.165) is 25.1 Å². The Hall–Kier alpha value is -0.590. The lowest BCUT2D eigenvalue weighted by molar-refractivity contribution is 0.476. The van der Waals surface area contributed by atoms with E-state index in [1.165, 1.54) is 0 Å². The second-order valence-electron chi connectivity index (χ2n) is 3.50. The Morgan fingerprint density at radius 1 is 1.12 bits per heavy atom. The summed E-state index contributed by atoms with van der Waals surface area (Å²) in [7, 11) is 0. The van der Waals surface area contributed by atoms with Crippen LogP contribution >= 0.6 is 38.5 Å². The highest BCUT2D eigenvalue weighted by molar-refractivity contribution is 14.1. The lowest BCUT2D eigenvalue weighted by Crippen LogP contribution is -1.96. The third kappa shape index (κ3) is 3.20. The largest absolute Gasteiger partial charge is 0.455 e. The summed E-state index contributed by atoms with van der Waals surface area (Å²) in [6.45, 7) is 0.530. The van der Waals surface area contributed by atoms with E-state index >= 15 is 0 Å². The molecule has 4 heteroatoms. The number of hydrogen-bond acceptors (Lipinski definition) is 2. The molecule has 88 valence electrons. The van der Waals surface area contributed by atoms with Crippen molar-refractivity contribution in [2.45, 2.75) is 6.54 Å². The van der Waals surface area contributed by atoms with E-state index in [9.17, 15) is 0 Å². The second kappa shape index (κ2) is 5.84. The second-order valence-corrected chi connectivity index (χ2v) is 5.52. The van der Waals surface area contributed by atoms with Crippen LogP contribution in [-0.4, -0.2) is 0 Å². The molecule has 0 aliphatic carbocycles. The molecule has 0 radical (unpaired) electrons. The summed E-state index contributed by atoms with van der Waals surface area (Å²) in [6.07, 6.45) is 0. The quantitative estimate of drug-likeness (QED) is 0.775. The molecule has 0 saturated heterocycles. The molecule has 0 heterocycles. The smallest absolute Gasteiger partial charge is 0.141 e. The predicted octanol–water partition coefficient (Wildman–Crippen LogP) is 4.30. The standard InChI is InChI=1S/C13H11BrINO/c14-10-7-9(8-16)5-6-12(10)17-13-4-2-1-3-11(13)15/h1-7H,8,16H2. The minimum Gasteiger partial charge on any atom is -0.455 e. The summed E-state index contributed by atoms with van der Waals surface area (Å²) >= 11 is 5.74. The van der Waals surface area contributed by atoms with Gasteiger partial charge in [0, 0.05) is 6.54 Å². The van der Waals surface area contributed by atoms with Crippen LogP contribution in [0.15, 0.2) is 46.9 Å². The van der Waals surface area contributed by atoms with Crippen molar-refractivity contribution < 1.29 is 4.74 Å². The first-order valence-electron chi connectivity index (χ1n) is 5.11. The Kier molecular flexibility index (Phi) is 4.42. The molecule has 2 nitrogen and oxygen atoms in total. The van der Waals surface area contributed by atoms with Crippen LogP contribution in [0.5, 0.6) is 11.5 Å². The molecule has 2 aromatic carbocycles. The molecule has 0 fully saturated rings. The third-order valence-corrected chi connectivity index (χ3v) is 3.80. The lowest BCUT2D eigenvalue weighted by Gasteiger charge is -2.10. The van der Waals surface area contributed by atoms with Crippen molar-refractivity contribution in [1.29, 1.82) is 0 Å². The highest BCUT2D eigenvalue weighted by Gasteiger charge is 2.05. The molecule has 0 aliphatic heterocycles. The molecule has 0 aliphatic rings. The maximum absolute atomic E-state index is 5.84. The number of hydrogen-bond donors (Lipinski definition) is 1. The number of ether oxygens (including phenoxy) is 1. The minimum absolute atomic E-state index is 0.530. The first kappa shape index (κ1) is 12.9. The fourth-order valence-corrected chi connectivity index (χ4v) is 2.40. The first-order chi connectivity index (χ1) is 8.20. The molecule has 2 rings (SSSR count). The van der Waals surface area contributed by atoms with E-state index in [-0.39, 0.29) is 0 Å². The molecular weight excluding hydrogens is 393 g/mol. The maximum Gasteiger partial charge on any atom is 0.141 e. The van der Waals surface area contributed by atoms with E-state index in [1.54, 1.807) is 0 Å². The van der Waals surface area contributed by atoms with Gasteiger partial charge in [0.2, 0.25) is 0 Å². The van der Waals surface area contributed by atoms with Gasteiger partial charge in [0.1, 0.15) is 11.5 Å². The molecule has 0 amide bonds. The minimum atomic E-state index is 0.530. The molecule has 0 unspecified atom stereocenters. The van der Waals surface area contributed by atoms with Gasteiger partial charge in [0.05, 0.1) is 8.04 Å². The highest BCUT2D eigenvalue weighted by atomic mass is 127. The molecule has 0 atom stereocenters. The Morgan fingerprint density at radius 3 is 2.53 bits per heavy atom. The van der Waals surface area contributed by atoms with Crippen LogP contribution < -0.4 is 10.5 Å². The zero-order chi connectivity index (χ0) is 12.3. The molecule has 0 bridgehead atoms. The lowest BCUT2D eigenvalue weighted by atomic mass is 10.2. The zero-order valence-electron chi connectivity index (χ0n) is 8.99. The van der Waals surface area contributed by atoms with Crippen LogP contribution in [0, 0.1) is 3.57 Å². The molecular formula is C13H11BrINO. The van der Waals surface area contributed by atoms with Gasteiger partial charge in [-0.2, -0.15) is 0 Å². The van der Waals surface area contributed by atoms with Crippen LogP contribution in [0.2, 0.25) is 0 Å². The Bertz CT molecular complexity index is 531. The molecule has 0 saturated carbocycles. The van der Waals surface area contributed by atoms with Gasteiger partial charge in [0.15, 0.2) is 0 Å². The summed E-state index contributed by atoms with van der Waals surface area (Å²) in [4.78, 5) is 0. The number of halogens is 2. The van der Waals surface area contributed by atoms with E-state index in [4.69, 9.17) is 10.5 Å². The Balaban J connectivity index is 2.28. The van der Waals surface area contributed by atoms with Gasteiger partial charge in [-0.05, 0) is 68.3 Å². The zero-order valence-corrected chi connectivity index (χ0v) is 12.7. The van der Waals surface area contributed by atoms with Crippen LogP contribution in [0.3, 0.4) is 0 Å². The van der Waals surface area contributed by atoms with Gasteiger partial charge in [-0.3, -0.25) is 0 Å². The van der Waals surface area contributed by atoms with E-state index < -0.39 is 0 Å². The van der Waals surface area contributed by atoms with Gasteiger partial charge in [-0.25, -0.2) is 0 Å². The molecule has 0 spiro atoms. The fourth-order valence-electron chi connectivity index (χ4n) is 1.40. The van der Waals surface area contributed by atoms with Crippen LogP contribution in [-0.2, 0) is 6.54 Å². The van der Waals surface area contributed by atoms with Crippen molar-refractivity contribution in [3.8, 4) is 11.5 Å². The SMILES string of the molecule is NCc1ccc(Oc2ccccc2I)c(Br)c1. The van der Waals surface area contributed by atoms with Crippen molar-refractivity contribution in [2.75, 3.05) is 0 Å². The number of benzene rings is 2. The van der Waals surface area contributed by atoms with E-state index in [2.05, 4.69) is 38.5 Å². The van der Waals surface area contributed by atoms with Gasteiger partial charge in [0.25, 0.3) is 0 Å². The van der Waals surface area contributed by atoms with Crippen molar-refractivity contribution in [3.63, 3.8) is 0 Å². The van der Waals surface area contributed by atoms with Gasteiger partial charge < -0.3 is 10.5 Å². The molecule has 0 aromatic heterocycles. The summed E-state index contributed by atoms with van der Waals surface area (Å²) in [5.74, 6) is 1.65. The van der Waals surface area contributed by atoms with Crippen molar-refractivity contribution in [1.82, 2.24) is 0 Å². The van der Waals surface area contributed by atoms with Crippen molar-refractivity contribution in [2.24, 2.45) is 5.73 Å². The van der Waals surface area contributed by atoms with Gasteiger partial charge in [-0.1, -0.05) is 18.2 Å². The molecule has 2 N–H and O–H groups in total. The van der Waals surface area contributed by atoms with Gasteiger partial charge >= 0.3 is 0 Å².